The van der Waals surface area contributed by atoms with Gasteiger partial charge in [0.05, 0.1) is 0 Å². The van der Waals surface area contributed by atoms with E-state index in [2.05, 4.69) is 64.1 Å². The van der Waals surface area contributed by atoms with Crippen molar-refractivity contribution in [3.05, 3.63) is 53.1 Å². The molecule has 0 radical (unpaired) electrons. The molecule has 100 valence electrons. The Morgan fingerprint density at radius 3 is 2.33 bits per heavy atom. The Bertz CT molecular complexity index is 394. The van der Waals surface area contributed by atoms with Crippen LogP contribution < -0.4 is 0 Å². The molecule has 0 saturated heterocycles. The van der Waals surface area contributed by atoms with Gasteiger partial charge in [0.15, 0.2) is 0 Å². The van der Waals surface area contributed by atoms with Gasteiger partial charge in [0, 0.05) is 0 Å². The van der Waals surface area contributed by atoms with E-state index in [0.717, 1.165) is 12.8 Å². The average molecular weight is 244 g/mol. The van der Waals surface area contributed by atoms with Gasteiger partial charge in [-0.25, -0.2) is 0 Å². The molecule has 0 heterocycles. The molecular formula is C18H28. The predicted octanol–water partition coefficient (Wildman–Crippen LogP) is 5.95. The van der Waals surface area contributed by atoms with E-state index in [1.165, 1.54) is 22.3 Å². The SMILES string of the molecule is C/C=C\C(=C/CC)c1cc(CC)ccc1C.CC. The number of rotatable bonds is 4. The van der Waals surface area contributed by atoms with Gasteiger partial charge in [-0.05, 0) is 49.0 Å². The summed E-state index contributed by atoms with van der Waals surface area (Å²) < 4.78 is 0. The van der Waals surface area contributed by atoms with Crippen LogP contribution in [0.4, 0.5) is 0 Å². The van der Waals surface area contributed by atoms with Crippen LogP contribution in [0.15, 0.2) is 36.4 Å². The summed E-state index contributed by atoms with van der Waals surface area (Å²) >= 11 is 0. The maximum atomic E-state index is 2.32. The first kappa shape index (κ1) is 16.7. The Balaban J connectivity index is 0.00000137. The number of aryl methyl sites for hydroxylation is 2. The predicted molar refractivity (Wildman–Crippen MR) is 85.0 cm³/mol. The lowest BCUT2D eigenvalue weighted by atomic mass is 9.96. The summed E-state index contributed by atoms with van der Waals surface area (Å²) in [6.07, 6.45) is 8.78. The molecule has 0 spiro atoms. The van der Waals surface area contributed by atoms with E-state index in [1.807, 2.05) is 13.8 Å². The van der Waals surface area contributed by atoms with Gasteiger partial charge in [0.2, 0.25) is 0 Å². The Kier molecular flexibility index (Phi) is 9.00. The average Bonchev–Trinajstić information content (AvgIpc) is 2.41. The topological polar surface area (TPSA) is 0 Å². The maximum Gasteiger partial charge on any atom is -0.0155 e. The Hall–Kier alpha value is -1.30. The molecule has 0 aromatic heterocycles. The third-order valence-corrected chi connectivity index (χ3v) is 2.79. The second-order valence-corrected chi connectivity index (χ2v) is 4.07. The molecule has 0 aliphatic heterocycles. The van der Waals surface area contributed by atoms with Crippen molar-refractivity contribution in [3.63, 3.8) is 0 Å². The third-order valence-electron chi connectivity index (χ3n) is 2.79. The van der Waals surface area contributed by atoms with Crippen LogP contribution in [0.2, 0.25) is 0 Å². The highest BCUT2D eigenvalue weighted by molar-refractivity contribution is 5.76. The van der Waals surface area contributed by atoms with E-state index in [9.17, 15) is 0 Å². The van der Waals surface area contributed by atoms with Crippen LogP contribution in [0, 0.1) is 6.92 Å². The van der Waals surface area contributed by atoms with Crippen molar-refractivity contribution < 1.29 is 0 Å². The summed E-state index contributed by atoms with van der Waals surface area (Å²) in [5, 5.41) is 0. The molecule has 0 fully saturated rings. The number of allylic oxidation sites excluding steroid dienone is 4. The minimum absolute atomic E-state index is 1.08. The summed E-state index contributed by atoms with van der Waals surface area (Å²) in [5.74, 6) is 0. The largest absolute Gasteiger partial charge is 0.0871 e. The highest BCUT2D eigenvalue weighted by Crippen LogP contribution is 2.22. The molecule has 0 amide bonds. The van der Waals surface area contributed by atoms with Crippen LogP contribution in [0.3, 0.4) is 0 Å². The van der Waals surface area contributed by atoms with E-state index in [4.69, 9.17) is 0 Å². The van der Waals surface area contributed by atoms with Crippen LogP contribution in [-0.4, -0.2) is 0 Å². The fourth-order valence-corrected chi connectivity index (χ4v) is 1.87. The lowest BCUT2D eigenvalue weighted by Crippen LogP contribution is -1.90. The van der Waals surface area contributed by atoms with Gasteiger partial charge in [-0.3, -0.25) is 0 Å². The minimum atomic E-state index is 1.08. The van der Waals surface area contributed by atoms with Crippen molar-refractivity contribution in [1.82, 2.24) is 0 Å². The summed E-state index contributed by atoms with van der Waals surface area (Å²) in [5.41, 5.74) is 5.49. The smallest absolute Gasteiger partial charge is 0.0155 e. The molecule has 18 heavy (non-hydrogen) atoms. The van der Waals surface area contributed by atoms with E-state index in [1.54, 1.807) is 0 Å². The summed E-state index contributed by atoms with van der Waals surface area (Å²) in [4.78, 5) is 0. The van der Waals surface area contributed by atoms with Gasteiger partial charge in [-0.2, -0.15) is 0 Å². The summed E-state index contributed by atoms with van der Waals surface area (Å²) in [6.45, 7) is 12.6. The van der Waals surface area contributed by atoms with Gasteiger partial charge >= 0.3 is 0 Å². The van der Waals surface area contributed by atoms with E-state index >= 15 is 0 Å². The van der Waals surface area contributed by atoms with Gasteiger partial charge in [0.1, 0.15) is 0 Å². The van der Waals surface area contributed by atoms with E-state index in [0.29, 0.717) is 0 Å². The zero-order valence-corrected chi connectivity index (χ0v) is 12.9. The molecule has 0 unspecified atom stereocenters. The molecule has 0 heteroatoms. The molecule has 0 bridgehead atoms. The molecule has 1 aromatic carbocycles. The fraction of sp³-hybridized carbons (Fsp3) is 0.444. The third kappa shape index (κ3) is 4.91. The summed E-state index contributed by atoms with van der Waals surface area (Å²) in [6, 6.07) is 6.76. The molecule has 0 saturated carbocycles. The number of hydrogen-bond acceptors (Lipinski definition) is 0. The minimum Gasteiger partial charge on any atom is -0.0871 e. The van der Waals surface area contributed by atoms with Crippen LogP contribution in [0.1, 0.15) is 57.7 Å². The normalized spacial score (nSPS) is 11.3. The van der Waals surface area contributed by atoms with Crippen molar-refractivity contribution in [3.8, 4) is 0 Å². The molecule has 1 rings (SSSR count). The number of benzene rings is 1. The zero-order valence-electron chi connectivity index (χ0n) is 12.9. The lowest BCUT2D eigenvalue weighted by Gasteiger charge is -2.09. The molecule has 1 aromatic rings. The molecule has 0 aliphatic rings. The summed E-state index contributed by atoms with van der Waals surface area (Å²) in [7, 11) is 0. The molecule has 0 atom stereocenters. The van der Waals surface area contributed by atoms with Gasteiger partial charge < -0.3 is 0 Å². The van der Waals surface area contributed by atoms with Gasteiger partial charge in [-0.15, -0.1) is 0 Å². The molecule has 0 nitrogen and oxygen atoms in total. The lowest BCUT2D eigenvalue weighted by molar-refractivity contribution is 1.13. The van der Waals surface area contributed by atoms with Crippen molar-refractivity contribution in [2.75, 3.05) is 0 Å². The number of hydrogen-bond donors (Lipinski definition) is 0. The second-order valence-electron chi connectivity index (χ2n) is 4.07. The van der Waals surface area contributed by atoms with Crippen LogP contribution >= 0.6 is 0 Å². The van der Waals surface area contributed by atoms with E-state index in [-0.39, 0.29) is 0 Å². The quantitative estimate of drug-likeness (QED) is 0.574. The Morgan fingerprint density at radius 1 is 1.17 bits per heavy atom. The fourth-order valence-electron chi connectivity index (χ4n) is 1.87. The van der Waals surface area contributed by atoms with Crippen molar-refractivity contribution in [1.29, 1.82) is 0 Å². The highest BCUT2D eigenvalue weighted by Gasteiger charge is 2.02. The van der Waals surface area contributed by atoms with Crippen LogP contribution in [0.5, 0.6) is 0 Å². The molecule has 0 N–H and O–H groups in total. The van der Waals surface area contributed by atoms with Gasteiger partial charge in [0.25, 0.3) is 0 Å². The highest BCUT2D eigenvalue weighted by atomic mass is 14.1. The maximum absolute atomic E-state index is 2.32. The van der Waals surface area contributed by atoms with Crippen molar-refractivity contribution in [2.45, 2.75) is 54.4 Å². The molecule has 0 aliphatic carbocycles. The zero-order chi connectivity index (χ0) is 14.0. The Morgan fingerprint density at radius 2 is 1.83 bits per heavy atom. The Labute approximate surface area is 113 Å². The van der Waals surface area contributed by atoms with Crippen molar-refractivity contribution in [2.24, 2.45) is 0 Å². The first-order chi connectivity index (χ1) is 8.72. The molecular weight excluding hydrogens is 216 g/mol. The van der Waals surface area contributed by atoms with E-state index < -0.39 is 0 Å². The van der Waals surface area contributed by atoms with Gasteiger partial charge in [-0.1, -0.05) is 64.1 Å². The monoisotopic (exact) mass is 244 g/mol. The standard InChI is InChI=1S/C16H22.C2H6/c1-5-8-15(9-6-2)16-12-14(7-3)11-10-13(16)4;1-2/h5,8-12H,6-7H2,1-4H3;1-2H3/b8-5-,15-9+;. The second kappa shape index (κ2) is 9.70. The van der Waals surface area contributed by atoms with Crippen molar-refractivity contribution >= 4 is 5.57 Å². The first-order valence-electron chi connectivity index (χ1n) is 7.15. The van der Waals surface area contributed by atoms with Crippen LogP contribution in [0.25, 0.3) is 5.57 Å². The van der Waals surface area contributed by atoms with Crippen LogP contribution in [-0.2, 0) is 6.42 Å². The first-order valence-corrected chi connectivity index (χ1v) is 7.15.